The van der Waals surface area contributed by atoms with Crippen LogP contribution in [0.1, 0.15) is 49.4 Å². The average Bonchev–Trinajstić information content (AvgIpc) is 2.39. The van der Waals surface area contributed by atoms with Gasteiger partial charge in [0.15, 0.2) is 0 Å². The van der Waals surface area contributed by atoms with Crippen molar-refractivity contribution in [3.63, 3.8) is 0 Å². The minimum atomic E-state index is -0.0362. The van der Waals surface area contributed by atoms with Crippen LogP contribution in [0, 0.1) is 5.92 Å². The second kappa shape index (κ2) is 5.85. The number of hydrogen-bond donors (Lipinski definition) is 2. The molecule has 3 N–H and O–H groups in total. The van der Waals surface area contributed by atoms with E-state index in [0.717, 1.165) is 18.8 Å². The largest absolute Gasteiger partial charge is 0.384 e. The van der Waals surface area contributed by atoms with Gasteiger partial charge in [-0.2, -0.15) is 0 Å². The minimum Gasteiger partial charge on any atom is -0.384 e. The zero-order chi connectivity index (χ0) is 13.0. The summed E-state index contributed by atoms with van der Waals surface area (Å²) in [6.07, 6.45) is 7.47. The molecular weight excluding hydrogens is 226 g/mol. The first kappa shape index (κ1) is 12.9. The molecule has 0 aromatic carbocycles. The first-order valence-corrected chi connectivity index (χ1v) is 6.71. The summed E-state index contributed by atoms with van der Waals surface area (Å²) in [5.41, 5.74) is 6.18. The lowest BCUT2D eigenvalue weighted by atomic mass is 9.84. The van der Waals surface area contributed by atoms with E-state index in [1.807, 2.05) is 0 Å². The minimum absolute atomic E-state index is 0.0362. The molecule has 4 heteroatoms. The third kappa shape index (κ3) is 3.22. The van der Waals surface area contributed by atoms with E-state index >= 15 is 0 Å². The molecule has 1 aliphatic rings. The van der Waals surface area contributed by atoms with Gasteiger partial charge in [-0.1, -0.05) is 26.2 Å². The lowest BCUT2D eigenvalue weighted by Gasteiger charge is -2.29. The van der Waals surface area contributed by atoms with Crippen LogP contribution < -0.4 is 11.1 Å². The lowest BCUT2D eigenvalue weighted by Crippen LogP contribution is -2.38. The van der Waals surface area contributed by atoms with Crippen molar-refractivity contribution in [1.82, 2.24) is 10.3 Å². The number of rotatable bonds is 3. The normalized spacial score (nSPS) is 23.6. The Morgan fingerprint density at radius 1 is 1.56 bits per heavy atom. The highest BCUT2D eigenvalue weighted by Crippen LogP contribution is 2.26. The van der Waals surface area contributed by atoms with E-state index in [9.17, 15) is 4.79 Å². The number of pyridine rings is 1. The van der Waals surface area contributed by atoms with Gasteiger partial charge in [0.2, 0.25) is 0 Å². The summed E-state index contributed by atoms with van der Waals surface area (Å²) in [5, 5.41) is 3.10. The molecule has 0 spiro atoms. The second-order valence-corrected chi connectivity index (χ2v) is 5.08. The predicted molar refractivity (Wildman–Crippen MR) is 72.2 cm³/mol. The summed E-state index contributed by atoms with van der Waals surface area (Å²) in [5.74, 6) is 1.11. The molecule has 1 heterocycles. The molecule has 1 aromatic heterocycles. The van der Waals surface area contributed by atoms with Gasteiger partial charge in [0.1, 0.15) is 5.82 Å². The van der Waals surface area contributed by atoms with E-state index in [4.69, 9.17) is 5.73 Å². The molecule has 1 amide bonds. The van der Waals surface area contributed by atoms with Crippen LogP contribution in [0.3, 0.4) is 0 Å². The summed E-state index contributed by atoms with van der Waals surface area (Å²) < 4.78 is 0. The molecule has 18 heavy (non-hydrogen) atoms. The Kier molecular flexibility index (Phi) is 4.18. The number of anilines is 1. The number of carbonyl (C=O) groups excluding carboxylic acids is 1. The van der Waals surface area contributed by atoms with Gasteiger partial charge in [0.05, 0.1) is 0 Å². The van der Waals surface area contributed by atoms with Crippen molar-refractivity contribution < 1.29 is 4.79 Å². The van der Waals surface area contributed by atoms with Crippen LogP contribution in [0.4, 0.5) is 5.82 Å². The van der Waals surface area contributed by atoms with E-state index in [1.54, 1.807) is 18.3 Å². The maximum absolute atomic E-state index is 12.1. The van der Waals surface area contributed by atoms with Gasteiger partial charge in [-0.25, -0.2) is 4.98 Å². The third-order valence-electron chi connectivity index (χ3n) is 3.74. The van der Waals surface area contributed by atoms with Gasteiger partial charge < -0.3 is 11.1 Å². The zero-order valence-corrected chi connectivity index (χ0v) is 10.9. The number of carbonyl (C=O) groups is 1. The Hall–Kier alpha value is -1.58. The smallest absolute Gasteiger partial charge is 0.251 e. The van der Waals surface area contributed by atoms with Gasteiger partial charge in [-0.05, 0) is 30.9 Å². The highest BCUT2D eigenvalue weighted by Gasteiger charge is 2.22. The molecule has 2 unspecified atom stereocenters. The first-order chi connectivity index (χ1) is 8.69. The Labute approximate surface area is 108 Å². The quantitative estimate of drug-likeness (QED) is 0.861. The molecule has 1 aliphatic carbocycles. The topological polar surface area (TPSA) is 68.0 Å². The summed E-state index contributed by atoms with van der Waals surface area (Å²) in [6, 6.07) is 3.63. The van der Waals surface area contributed by atoms with Crippen molar-refractivity contribution >= 4 is 11.7 Å². The molecule has 98 valence electrons. The summed E-state index contributed by atoms with van der Waals surface area (Å²) in [6.45, 7) is 2.22. The van der Waals surface area contributed by atoms with Gasteiger partial charge in [0.25, 0.3) is 5.91 Å². The fourth-order valence-electron chi connectivity index (χ4n) is 2.65. The number of hydrogen-bond acceptors (Lipinski definition) is 3. The van der Waals surface area contributed by atoms with Gasteiger partial charge in [-0.15, -0.1) is 0 Å². The van der Waals surface area contributed by atoms with E-state index in [1.165, 1.54) is 19.3 Å². The van der Waals surface area contributed by atoms with Crippen molar-refractivity contribution in [1.29, 1.82) is 0 Å². The fourth-order valence-corrected chi connectivity index (χ4v) is 2.65. The number of nitrogens with two attached hydrogens (primary N) is 1. The molecule has 0 bridgehead atoms. The third-order valence-corrected chi connectivity index (χ3v) is 3.74. The monoisotopic (exact) mass is 247 g/mol. The maximum Gasteiger partial charge on any atom is 0.251 e. The van der Waals surface area contributed by atoms with E-state index in [0.29, 0.717) is 17.4 Å². The summed E-state index contributed by atoms with van der Waals surface area (Å²) in [4.78, 5) is 16.0. The average molecular weight is 247 g/mol. The van der Waals surface area contributed by atoms with Crippen LogP contribution in [0.25, 0.3) is 0 Å². The van der Waals surface area contributed by atoms with Crippen molar-refractivity contribution in [2.24, 2.45) is 5.92 Å². The van der Waals surface area contributed by atoms with Crippen LogP contribution in [0.2, 0.25) is 0 Å². The van der Waals surface area contributed by atoms with E-state index < -0.39 is 0 Å². The van der Waals surface area contributed by atoms with Crippen molar-refractivity contribution in [2.45, 2.75) is 45.1 Å². The molecule has 1 fully saturated rings. The van der Waals surface area contributed by atoms with Gasteiger partial charge in [-0.3, -0.25) is 4.79 Å². The SMILES string of the molecule is CCC1CCCC(NC(=O)c2ccnc(N)c2)C1. The predicted octanol–water partition coefficient (Wildman–Crippen LogP) is 2.36. The van der Waals surface area contributed by atoms with Crippen molar-refractivity contribution in [3.8, 4) is 0 Å². The Bertz CT molecular complexity index is 419. The van der Waals surface area contributed by atoms with Gasteiger partial charge >= 0.3 is 0 Å². The number of nitrogen functional groups attached to an aromatic ring is 1. The fraction of sp³-hybridized carbons (Fsp3) is 0.571. The highest BCUT2D eigenvalue weighted by molar-refractivity contribution is 5.94. The Morgan fingerprint density at radius 3 is 3.11 bits per heavy atom. The summed E-state index contributed by atoms with van der Waals surface area (Å²) in [7, 11) is 0. The molecule has 4 nitrogen and oxygen atoms in total. The van der Waals surface area contributed by atoms with Crippen LogP contribution >= 0.6 is 0 Å². The molecule has 0 saturated heterocycles. The zero-order valence-electron chi connectivity index (χ0n) is 10.9. The number of amides is 1. The maximum atomic E-state index is 12.1. The number of aromatic nitrogens is 1. The number of nitrogens with one attached hydrogen (secondary N) is 1. The van der Waals surface area contributed by atoms with E-state index in [-0.39, 0.29) is 5.91 Å². The van der Waals surface area contributed by atoms with Crippen LogP contribution in [0.5, 0.6) is 0 Å². The van der Waals surface area contributed by atoms with Crippen LogP contribution in [-0.2, 0) is 0 Å². The van der Waals surface area contributed by atoms with E-state index in [2.05, 4.69) is 17.2 Å². The second-order valence-electron chi connectivity index (χ2n) is 5.08. The first-order valence-electron chi connectivity index (χ1n) is 6.71. The molecular formula is C14H21N3O. The van der Waals surface area contributed by atoms with Crippen LogP contribution in [-0.4, -0.2) is 16.9 Å². The molecule has 1 saturated carbocycles. The van der Waals surface area contributed by atoms with Crippen molar-refractivity contribution in [2.75, 3.05) is 5.73 Å². The Morgan fingerprint density at radius 2 is 2.39 bits per heavy atom. The molecule has 2 rings (SSSR count). The lowest BCUT2D eigenvalue weighted by molar-refractivity contribution is 0.0919. The molecule has 1 aromatic rings. The van der Waals surface area contributed by atoms with Crippen molar-refractivity contribution in [3.05, 3.63) is 23.9 Å². The molecule has 0 radical (unpaired) electrons. The molecule has 0 aliphatic heterocycles. The summed E-state index contributed by atoms with van der Waals surface area (Å²) >= 11 is 0. The van der Waals surface area contributed by atoms with Gasteiger partial charge in [0, 0.05) is 17.8 Å². The highest BCUT2D eigenvalue weighted by atomic mass is 16.1. The molecule has 2 atom stereocenters. The standard InChI is InChI=1S/C14H21N3O/c1-2-10-4-3-5-12(8-10)17-14(18)11-6-7-16-13(15)9-11/h6-7,9-10,12H,2-5,8H2,1H3,(H2,15,16)(H,17,18). The Balaban J connectivity index is 1.95. The van der Waals surface area contributed by atoms with Crippen LogP contribution in [0.15, 0.2) is 18.3 Å². The number of nitrogens with zero attached hydrogens (tertiary/aromatic N) is 1.